The van der Waals surface area contributed by atoms with Crippen molar-refractivity contribution in [3.8, 4) is 0 Å². The number of guanidine groups is 1. The Morgan fingerprint density at radius 1 is 1.40 bits per heavy atom. The Morgan fingerprint density at radius 2 is 2.15 bits per heavy atom. The first-order valence-corrected chi connectivity index (χ1v) is 6.25. The van der Waals surface area contributed by atoms with E-state index in [0.29, 0.717) is 25.8 Å². The van der Waals surface area contributed by atoms with Crippen LogP contribution >= 0.6 is 0 Å². The molecule has 0 spiro atoms. The number of hydrogen-bond donors (Lipinski definition) is 0. The van der Waals surface area contributed by atoms with Crippen LogP contribution in [-0.2, 0) is 6.54 Å². The molecule has 8 nitrogen and oxygen atoms in total. The van der Waals surface area contributed by atoms with Crippen molar-refractivity contribution in [1.82, 2.24) is 19.7 Å². The molecule has 0 aromatic carbocycles. The predicted octanol–water partition coefficient (Wildman–Crippen LogP) is 0.532. The molecule has 1 fully saturated rings. The molecule has 2 heterocycles. The van der Waals surface area contributed by atoms with Crippen LogP contribution in [0.3, 0.4) is 0 Å². The number of nitro groups is 1. The first-order valence-electron chi connectivity index (χ1n) is 6.25. The third-order valence-electron chi connectivity index (χ3n) is 3.01. The van der Waals surface area contributed by atoms with Gasteiger partial charge in [0.15, 0.2) is 5.03 Å². The zero-order chi connectivity index (χ0) is 14.7. The molecule has 1 aromatic rings. The van der Waals surface area contributed by atoms with E-state index in [2.05, 4.69) is 15.0 Å². The summed E-state index contributed by atoms with van der Waals surface area (Å²) in [5.74, 6) is 0.369. The monoisotopic (exact) mass is 278 g/mol. The lowest BCUT2D eigenvalue weighted by Crippen LogP contribution is -2.56. The maximum atomic E-state index is 10.7. The van der Waals surface area contributed by atoms with Crippen LogP contribution in [0.4, 0.5) is 0 Å². The maximum Gasteiger partial charge on any atom is 0.276 e. The minimum atomic E-state index is -0.655. The summed E-state index contributed by atoms with van der Waals surface area (Å²) in [7, 11) is 3.75. The Kier molecular flexibility index (Phi) is 4.14. The summed E-state index contributed by atoms with van der Waals surface area (Å²) in [6, 6.07) is 3.90. The molecule has 1 saturated heterocycles. The Labute approximate surface area is 117 Å². The largest absolute Gasteiger partial charge is 0.328 e. The van der Waals surface area contributed by atoms with Crippen LogP contribution in [0.25, 0.3) is 0 Å². The maximum absolute atomic E-state index is 10.7. The van der Waals surface area contributed by atoms with E-state index in [1.165, 1.54) is 0 Å². The topological polar surface area (TPSA) is 78.1 Å². The second-order valence-electron chi connectivity index (χ2n) is 4.98. The number of rotatable bonds is 3. The van der Waals surface area contributed by atoms with Crippen LogP contribution in [-0.4, -0.2) is 58.1 Å². The Balaban J connectivity index is 2.20. The van der Waals surface area contributed by atoms with Crippen molar-refractivity contribution in [2.24, 2.45) is 5.10 Å². The minimum absolute atomic E-state index is 0.369. The van der Waals surface area contributed by atoms with E-state index in [4.69, 9.17) is 0 Å². The van der Waals surface area contributed by atoms with Gasteiger partial charge in [0.1, 0.15) is 5.10 Å². The van der Waals surface area contributed by atoms with Crippen molar-refractivity contribution < 1.29 is 5.03 Å². The van der Waals surface area contributed by atoms with E-state index in [1.807, 2.05) is 31.0 Å². The van der Waals surface area contributed by atoms with Crippen LogP contribution in [0.5, 0.6) is 0 Å². The summed E-state index contributed by atoms with van der Waals surface area (Å²) in [5, 5.41) is 13.5. The highest BCUT2D eigenvalue weighted by atomic mass is 16.7. The molecule has 0 amide bonds. The van der Waals surface area contributed by atoms with Crippen molar-refractivity contribution >= 4 is 5.96 Å². The van der Waals surface area contributed by atoms with Gasteiger partial charge in [-0.1, -0.05) is 6.07 Å². The first kappa shape index (κ1) is 14.2. The minimum Gasteiger partial charge on any atom is -0.328 e. The van der Waals surface area contributed by atoms with Gasteiger partial charge in [-0.25, -0.2) is 10.1 Å². The van der Waals surface area contributed by atoms with E-state index in [1.54, 1.807) is 18.1 Å². The van der Waals surface area contributed by atoms with Crippen LogP contribution in [0.15, 0.2) is 23.4 Å². The van der Waals surface area contributed by atoms with Gasteiger partial charge in [0, 0.05) is 25.5 Å². The van der Waals surface area contributed by atoms with Crippen LogP contribution in [0.1, 0.15) is 11.3 Å². The number of hydrazone groups is 1. The van der Waals surface area contributed by atoms with Gasteiger partial charge in [-0.2, -0.15) is 0 Å². The van der Waals surface area contributed by atoms with Crippen molar-refractivity contribution in [3.63, 3.8) is 0 Å². The summed E-state index contributed by atoms with van der Waals surface area (Å²) in [6.07, 6.45) is 1.79. The molecule has 1 aromatic heterocycles. The SMILES string of the molecule is Cc1ccc(CN2CN(C)CN(C)/C2=N/[N+](=O)[O-])cn1. The highest BCUT2D eigenvalue weighted by Gasteiger charge is 2.27. The molecule has 0 unspecified atom stereocenters. The summed E-state index contributed by atoms with van der Waals surface area (Å²) in [6.45, 7) is 3.65. The Morgan fingerprint density at radius 3 is 2.75 bits per heavy atom. The number of nitrogens with zero attached hydrogens (tertiary/aromatic N) is 6. The predicted molar refractivity (Wildman–Crippen MR) is 74.2 cm³/mol. The quantitative estimate of drug-likeness (QED) is 0.593. The molecule has 0 N–H and O–H groups in total. The highest BCUT2D eigenvalue weighted by Crippen LogP contribution is 2.12. The lowest BCUT2D eigenvalue weighted by Gasteiger charge is -2.40. The van der Waals surface area contributed by atoms with Crippen LogP contribution in [0, 0.1) is 17.0 Å². The molecule has 20 heavy (non-hydrogen) atoms. The van der Waals surface area contributed by atoms with E-state index in [9.17, 15) is 10.1 Å². The smallest absolute Gasteiger partial charge is 0.276 e. The summed E-state index contributed by atoms with van der Waals surface area (Å²) in [5.41, 5.74) is 1.94. The zero-order valence-corrected chi connectivity index (χ0v) is 11.9. The van der Waals surface area contributed by atoms with Crippen molar-refractivity contribution in [3.05, 3.63) is 39.7 Å². The fourth-order valence-corrected chi connectivity index (χ4v) is 2.21. The molecular formula is C12H18N6O2. The molecular weight excluding hydrogens is 260 g/mol. The molecule has 0 saturated carbocycles. The summed E-state index contributed by atoms with van der Waals surface area (Å²) < 4.78 is 0. The van der Waals surface area contributed by atoms with E-state index >= 15 is 0 Å². The lowest BCUT2D eigenvalue weighted by molar-refractivity contribution is -0.486. The van der Waals surface area contributed by atoms with Crippen LogP contribution in [0.2, 0.25) is 0 Å². The van der Waals surface area contributed by atoms with Gasteiger partial charge in [0.05, 0.1) is 13.3 Å². The molecule has 108 valence electrons. The van der Waals surface area contributed by atoms with Crippen molar-refractivity contribution in [1.29, 1.82) is 0 Å². The van der Waals surface area contributed by atoms with Gasteiger partial charge in [-0.05, 0) is 25.6 Å². The van der Waals surface area contributed by atoms with Gasteiger partial charge in [0.2, 0.25) is 0 Å². The first-order chi connectivity index (χ1) is 9.45. The summed E-state index contributed by atoms with van der Waals surface area (Å²) in [4.78, 5) is 20.6. The zero-order valence-electron chi connectivity index (χ0n) is 11.9. The fourth-order valence-electron chi connectivity index (χ4n) is 2.21. The van der Waals surface area contributed by atoms with E-state index < -0.39 is 5.03 Å². The van der Waals surface area contributed by atoms with Gasteiger partial charge in [0.25, 0.3) is 5.96 Å². The molecule has 2 rings (SSSR count). The third-order valence-corrected chi connectivity index (χ3v) is 3.01. The van der Waals surface area contributed by atoms with Gasteiger partial charge in [-0.3, -0.25) is 9.88 Å². The van der Waals surface area contributed by atoms with Gasteiger partial charge < -0.3 is 9.80 Å². The fraction of sp³-hybridized carbons (Fsp3) is 0.500. The molecule has 1 aliphatic heterocycles. The van der Waals surface area contributed by atoms with Crippen molar-refractivity contribution in [2.75, 3.05) is 27.4 Å². The molecule has 1 aliphatic rings. The third kappa shape index (κ3) is 3.41. The number of hydrogen-bond acceptors (Lipinski definition) is 4. The Hall–Kier alpha value is -2.22. The average Bonchev–Trinajstić information content (AvgIpc) is 2.36. The lowest BCUT2D eigenvalue weighted by atomic mass is 10.2. The van der Waals surface area contributed by atoms with Gasteiger partial charge >= 0.3 is 0 Å². The average molecular weight is 278 g/mol. The number of aryl methyl sites for hydroxylation is 1. The standard InChI is InChI=1S/C12H18N6O2/c1-10-4-5-11(6-13-10)7-17-9-15(2)8-16(3)12(17)14-18(19)20/h4-6H,7-9H2,1-3H3/b14-12-. The number of pyridine rings is 1. The Bertz CT molecular complexity index is 515. The molecule has 0 atom stereocenters. The molecule has 8 heteroatoms. The van der Waals surface area contributed by atoms with E-state index in [0.717, 1.165) is 11.3 Å². The van der Waals surface area contributed by atoms with E-state index in [-0.39, 0.29) is 0 Å². The number of aromatic nitrogens is 1. The molecule has 0 aliphatic carbocycles. The molecule has 0 radical (unpaired) electrons. The van der Waals surface area contributed by atoms with Crippen LogP contribution < -0.4 is 0 Å². The highest BCUT2D eigenvalue weighted by molar-refractivity contribution is 5.79. The second-order valence-corrected chi connectivity index (χ2v) is 4.98. The normalized spacial score (nSPS) is 18.6. The molecule has 0 bridgehead atoms. The van der Waals surface area contributed by atoms with Crippen molar-refractivity contribution in [2.45, 2.75) is 13.5 Å². The summed E-state index contributed by atoms with van der Waals surface area (Å²) >= 11 is 0. The second kappa shape index (κ2) is 5.83. The van der Waals surface area contributed by atoms with Gasteiger partial charge in [-0.15, -0.1) is 0 Å².